The first-order chi connectivity index (χ1) is 9.35. The lowest BCUT2D eigenvalue weighted by Gasteiger charge is -2.29. The van der Waals surface area contributed by atoms with Crippen molar-refractivity contribution in [3.05, 3.63) is 11.8 Å². The van der Waals surface area contributed by atoms with Gasteiger partial charge in [-0.25, -0.2) is 0 Å². The van der Waals surface area contributed by atoms with Gasteiger partial charge in [0.2, 0.25) is 11.8 Å². The van der Waals surface area contributed by atoms with Crippen molar-refractivity contribution < 1.29 is 4.42 Å². The highest BCUT2D eigenvalue weighted by Gasteiger charge is 2.31. The van der Waals surface area contributed by atoms with Gasteiger partial charge in [-0.2, -0.15) is 0 Å². The Morgan fingerprint density at radius 3 is 2.68 bits per heavy atom. The Morgan fingerprint density at radius 1 is 1.21 bits per heavy atom. The standard InChI is InChI=1S/C14H24N4O/c1-2-13-16-17-14(19-13)10-18(12-6-7-12)9-11-5-3-4-8-15-11/h11-12,15H,2-10H2,1H3. The predicted molar refractivity (Wildman–Crippen MR) is 72.7 cm³/mol. The van der Waals surface area contributed by atoms with E-state index in [1.165, 1.54) is 38.6 Å². The molecule has 106 valence electrons. The fourth-order valence-electron chi connectivity index (χ4n) is 2.81. The van der Waals surface area contributed by atoms with Crippen LogP contribution in [0.25, 0.3) is 0 Å². The van der Waals surface area contributed by atoms with Crippen molar-refractivity contribution in [3.63, 3.8) is 0 Å². The third kappa shape index (κ3) is 3.54. The molecule has 1 aromatic heterocycles. The second kappa shape index (κ2) is 6.01. The molecule has 2 aliphatic rings. The summed E-state index contributed by atoms with van der Waals surface area (Å²) in [7, 11) is 0. The van der Waals surface area contributed by atoms with Gasteiger partial charge in [0, 0.05) is 25.0 Å². The van der Waals surface area contributed by atoms with Gasteiger partial charge in [-0.05, 0) is 32.2 Å². The Balaban J connectivity index is 1.57. The molecule has 1 unspecified atom stereocenters. The molecule has 0 bridgehead atoms. The van der Waals surface area contributed by atoms with Crippen molar-refractivity contribution in [1.82, 2.24) is 20.4 Å². The van der Waals surface area contributed by atoms with E-state index < -0.39 is 0 Å². The highest BCUT2D eigenvalue weighted by Crippen LogP contribution is 2.29. The number of piperidine rings is 1. The molecule has 2 fully saturated rings. The van der Waals surface area contributed by atoms with Gasteiger partial charge in [-0.1, -0.05) is 13.3 Å². The molecule has 1 aliphatic carbocycles. The normalized spacial score (nSPS) is 24.0. The van der Waals surface area contributed by atoms with Gasteiger partial charge < -0.3 is 9.73 Å². The Morgan fingerprint density at radius 2 is 2.05 bits per heavy atom. The quantitative estimate of drug-likeness (QED) is 0.848. The summed E-state index contributed by atoms with van der Waals surface area (Å²) in [6.07, 6.45) is 7.44. The summed E-state index contributed by atoms with van der Waals surface area (Å²) in [5, 5.41) is 11.8. The smallest absolute Gasteiger partial charge is 0.230 e. The van der Waals surface area contributed by atoms with Crippen molar-refractivity contribution in [2.45, 2.75) is 64.1 Å². The molecule has 5 nitrogen and oxygen atoms in total. The second-order valence-corrected chi connectivity index (χ2v) is 5.75. The minimum absolute atomic E-state index is 0.642. The molecule has 0 spiro atoms. The van der Waals surface area contributed by atoms with Crippen molar-refractivity contribution in [1.29, 1.82) is 0 Å². The first-order valence-electron chi connectivity index (χ1n) is 7.64. The number of aromatic nitrogens is 2. The second-order valence-electron chi connectivity index (χ2n) is 5.75. The third-order valence-corrected chi connectivity index (χ3v) is 4.08. The van der Waals surface area contributed by atoms with Gasteiger partial charge in [-0.15, -0.1) is 10.2 Å². The monoisotopic (exact) mass is 264 g/mol. The van der Waals surface area contributed by atoms with Crippen LogP contribution in [0.4, 0.5) is 0 Å². The molecule has 19 heavy (non-hydrogen) atoms. The van der Waals surface area contributed by atoms with Crippen LogP contribution in [-0.4, -0.2) is 40.3 Å². The van der Waals surface area contributed by atoms with Crippen molar-refractivity contribution >= 4 is 0 Å². The van der Waals surface area contributed by atoms with E-state index in [-0.39, 0.29) is 0 Å². The molecular weight excluding hydrogens is 240 g/mol. The van der Waals surface area contributed by atoms with Gasteiger partial charge in [0.25, 0.3) is 0 Å². The van der Waals surface area contributed by atoms with E-state index in [1.807, 2.05) is 6.92 Å². The molecule has 1 saturated heterocycles. The topological polar surface area (TPSA) is 54.2 Å². The average molecular weight is 264 g/mol. The summed E-state index contributed by atoms with van der Waals surface area (Å²) < 4.78 is 5.65. The van der Waals surface area contributed by atoms with Crippen LogP contribution in [0, 0.1) is 0 Å². The minimum Gasteiger partial charge on any atom is -0.424 e. The van der Waals surface area contributed by atoms with Crippen LogP contribution in [0.2, 0.25) is 0 Å². The number of hydrogen-bond acceptors (Lipinski definition) is 5. The zero-order valence-electron chi connectivity index (χ0n) is 11.8. The summed E-state index contributed by atoms with van der Waals surface area (Å²) in [5.41, 5.74) is 0. The third-order valence-electron chi connectivity index (χ3n) is 4.08. The van der Waals surface area contributed by atoms with Crippen LogP contribution in [0.1, 0.15) is 50.8 Å². The average Bonchev–Trinajstić information content (AvgIpc) is 3.20. The molecule has 1 saturated carbocycles. The van der Waals surface area contributed by atoms with Crippen LogP contribution in [0.5, 0.6) is 0 Å². The molecule has 0 amide bonds. The number of nitrogens with one attached hydrogen (secondary N) is 1. The highest BCUT2D eigenvalue weighted by molar-refractivity contribution is 4.91. The fourth-order valence-corrected chi connectivity index (χ4v) is 2.81. The van der Waals surface area contributed by atoms with Crippen LogP contribution < -0.4 is 5.32 Å². The van der Waals surface area contributed by atoms with Crippen molar-refractivity contribution in [3.8, 4) is 0 Å². The molecule has 3 rings (SSSR count). The number of nitrogens with zero attached hydrogens (tertiary/aromatic N) is 3. The molecule has 1 aromatic rings. The number of rotatable bonds is 6. The minimum atomic E-state index is 0.642. The van der Waals surface area contributed by atoms with Crippen LogP contribution in [0.3, 0.4) is 0 Å². The van der Waals surface area contributed by atoms with Crippen molar-refractivity contribution in [2.24, 2.45) is 0 Å². The van der Waals surface area contributed by atoms with Crippen LogP contribution in [-0.2, 0) is 13.0 Å². The molecule has 0 radical (unpaired) electrons. The molecule has 0 aromatic carbocycles. The number of aryl methyl sites for hydroxylation is 1. The van der Waals surface area contributed by atoms with E-state index in [4.69, 9.17) is 4.42 Å². The van der Waals surface area contributed by atoms with Gasteiger partial charge >= 0.3 is 0 Å². The fraction of sp³-hybridized carbons (Fsp3) is 0.857. The lowest BCUT2D eigenvalue weighted by Crippen LogP contribution is -2.44. The maximum absolute atomic E-state index is 5.65. The van der Waals surface area contributed by atoms with E-state index in [1.54, 1.807) is 0 Å². The molecule has 1 atom stereocenters. The first kappa shape index (κ1) is 13.1. The van der Waals surface area contributed by atoms with Crippen molar-refractivity contribution in [2.75, 3.05) is 13.1 Å². The Kier molecular flexibility index (Phi) is 4.13. The van der Waals surface area contributed by atoms with Gasteiger partial charge in [0.15, 0.2) is 0 Å². The van der Waals surface area contributed by atoms with E-state index in [9.17, 15) is 0 Å². The Bertz CT molecular complexity index is 396. The molecule has 5 heteroatoms. The summed E-state index contributed by atoms with van der Waals surface area (Å²) in [4.78, 5) is 2.52. The summed E-state index contributed by atoms with van der Waals surface area (Å²) >= 11 is 0. The summed E-state index contributed by atoms with van der Waals surface area (Å²) in [5.74, 6) is 1.53. The Hall–Kier alpha value is -0.940. The van der Waals surface area contributed by atoms with Crippen LogP contribution in [0.15, 0.2) is 4.42 Å². The van der Waals surface area contributed by atoms with E-state index in [2.05, 4.69) is 20.4 Å². The molecule has 1 aliphatic heterocycles. The van der Waals surface area contributed by atoms with Gasteiger partial charge in [-0.3, -0.25) is 4.90 Å². The molecule has 1 N–H and O–H groups in total. The van der Waals surface area contributed by atoms with E-state index >= 15 is 0 Å². The predicted octanol–water partition coefficient (Wildman–Crippen LogP) is 1.74. The molecular formula is C14H24N4O. The van der Waals surface area contributed by atoms with E-state index in [0.29, 0.717) is 6.04 Å². The SMILES string of the molecule is CCc1nnc(CN(CC2CCCCN2)C2CC2)o1. The number of hydrogen-bond donors (Lipinski definition) is 1. The van der Waals surface area contributed by atoms with Gasteiger partial charge in [0.05, 0.1) is 6.54 Å². The lowest BCUT2D eigenvalue weighted by molar-refractivity contribution is 0.190. The zero-order chi connectivity index (χ0) is 13.1. The highest BCUT2D eigenvalue weighted by atomic mass is 16.4. The molecule has 2 heterocycles. The summed E-state index contributed by atoms with van der Waals surface area (Å²) in [6, 6.07) is 1.38. The maximum atomic E-state index is 5.65. The largest absolute Gasteiger partial charge is 0.424 e. The maximum Gasteiger partial charge on any atom is 0.230 e. The summed E-state index contributed by atoms with van der Waals surface area (Å²) in [6.45, 7) is 5.15. The van der Waals surface area contributed by atoms with Crippen LogP contribution >= 0.6 is 0 Å². The first-order valence-corrected chi connectivity index (χ1v) is 7.64. The Labute approximate surface area is 114 Å². The van der Waals surface area contributed by atoms with E-state index in [0.717, 1.165) is 37.3 Å². The zero-order valence-corrected chi connectivity index (χ0v) is 11.8. The lowest BCUT2D eigenvalue weighted by atomic mass is 10.0. The van der Waals surface area contributed by atoms with Gasteiger partial charge in [0.1, 0.15) is 0 Å².